The highest BCUT2D eigenvalue weighted by Gasteiger charge is 2.25. The van der Waals surface area contributed by atoms with Crippen LogP contribution < -0.4 is 9.64 Å². The average molecular weight is 666 g/mol. The Kier molecular flexibility index (Phi) is 18.4. The van der Waals surface area contributed by atoms with Crippen molar-refractivity contribution < 1.29 is 37.3 Å². The van der Waals surface area contributed by atoms with Gasteiger partial charge in [-0.2, -0.15) is 0 Å². The third-order valence-electron chi connectivity index (χ3n) is 8.19. The molecule has 1 N–H and O–H groups in total. The summed E-state index contributed by atoms with van der Waals surface area (Å²) in [5, 5.41) is 1.79. The number of benzene rings is 2. The maximum atomic E-state index is 13.3. The van der Waals surface area contributed by atoms with Crippen LogP contribution in [0.25, 0.3) is 10.8 Å². The molecule has 0 spiro atoms. The van der Waals surface area contributed by atoms with Crippen molar-refractivity contribution >= 4 is 30.1 Å². The van der Waals surface area contributed by atoms with Gasteiger partial charge in [0.05, 0.1) is 27.7 Å². The number of fused-ring (bicyclic) bond motifs is 1. The first-order valence-corrected chi connectivity index (χ1v) is 18.7. The second-order valence-corrected chi connectivity index (χ2v) is 15.1. The summed E-state index contributed by atoms with van der Waals surface area (Å²) in [6.07, 6.45) is 14.9. The molecular formula is C36H62N2O7P+. The summed E-state index contributed by atoms with van der Waals surface area (Å²) in [5.41, 5.74) is 1.63. The molecule has 0 heterocycles. The van der Waals surface area contributed by atoms with E-state index in [0.717, 1.165) is 29.3 Å². The van der Waals surface area contributed by atoms with E-state index in [9.17, 15) is 14.3 Å². The zero-order valence-corrected chi connectivity index (χ0v) is 30.6. The number of carbonyl (C=O) groups excluding carboxylic acids is 1. The molecule has 2 rings (SSSR count). The lowest BCUT2D eigenvalue weighted by molar-refractivity contribution is -0.870. The predicted octanol–water partition coefficient (Wildman–Crippen LogP) is 8.41. The van der Waals surface area contributed by atoms with Crippen molar-refractivity contribution in [2.24, 2.45) is 0 Å². The minimum atomic E-state index is -4.24. The Balaban J connectivity index is 1.95. The van der Waals surface area contributed by atoms with Gasteiger partial charge in [0.15, 0.2) is 5.78 Å². The zero-order valence-electron chi connectivity index (χ0n) is 29.7. The normalized spacial score (nSPS) is 13.9. The van der Waals surface area contributed by atoms with Crippen LogP contribution in [0.4, 0.5) is 5.69 Å². The van der Waals surface area contributed by atoms with Crippen molar-refractivity contribution in [2.75, 3.05) is 73.6 Å². The van der Waals surface area contributed by atoms with Crippen LogP contribution in [0.2, 0.25) is 0 Å². The largest absolute Gasteiger partial charge is 0.490 e. The molecule has 9 nitrogen and oxygen atoms in total. The van der Waals surface area contributed by atoms with Gasteiger partial charge < -0.3 is 23.8 Å². The lowest BCUT2D eigenvalue weighted by Crippen LogP contribution is -2.37. The van der Waals surface area contributed by atoms with Crippen molar-refractivity contribution in [2.45, 2.75) is 96.5 Å². The van der Waals surface area contributed by atoms with Gasteiger partial charge in [0, 0.05) is 44.3 Å². The maximum Gasteiger partial charge on any atom is 0.472 e. The molecule has 2 aromatic rings. The smallest absolute Gasteiger partial charge is 0.472 e. The Bertz CT molecular complexity index is 1210. The van der Waals surface area contributed by atoms with Crippen LogP contribution in [0, 0.1) is 0 Å². The van der Waals surface area contributed by atoms with Crippen LogP contribution in [0.1, 0.15) is 101 Å². The van der Waals surface area contributed by atoms with E-state index in [1.54, 1.807) is 0 Å². The van der Waals surface area contributed by atoms with Crippen LogP contribution >= 0.6 is 7.82 Å². The van der Waals surface area contributed by atoms with Crippen LogP contribution in [0.5, 0.6) is 5.75 Å². The highest BCUT2D eigenvalue weighted by molar-refractivity contribution is 7.47. The predicted molar refractivity (Wildman–Crippen MR) is 189 cm³/mol. The van der Waals surface area contributed by atoms with Crippen molar-refractivity contribution in [3.8, 4) is 5.75 Å². The third kappa shape index (κ3) is 16.2. The molecule has 0 saturated carbocycles. The minimum absolute atomic E-state index is 0.0626. The minimum Gasteiger partial charge on any atom is -0.490 e. The van der Waals surface area contributed by atoms with Crippen LogP contribution in [-0.4, -0.2) is 90.0 Å². The molecule has 0 amide bonds. The van der Waals surface area contributed by atoms with Gasteiger partial charge in [-0.3, -0.25) is 13.8 Å². The number of methoxy groups -OCH3 is 1. The first-order valence-electron chi connectivity index (χ1n) is 17.2. The van der Waals surface area contributed by atoms with Gasteiger partial charge in [-0.15, -0.1) is 0 Å². The van der Waals surface area contributed by atoms with E-state index in [1.807, 2.05) is 70.5 Å². The standard InChI is InChI=1S/C36H61N2O7P/c1-8-9-10-11-12-13-14-15-16-17-18-19-20-35(39)31-25-30-21-22-32(37(2)3)27-34(30)36(26-31)43-28-33(42-7)29-45-46(40,41)44-24-23-38(4,5)6/h21-22,25-27,33H,8-20,23-24,28-29H2,1-7H3/p+1. The van der Waals surface area contributed by atoms with Gasteiger partial charge in [-0.05, 0) is 36.1 Å². The van der Waals surface area contributed by atoms with Gasteiger partial charge in [0.2, 0.25) is 0 Å². The van der Waals surface area contributed by atoms with Gasteiger partial charge in [0.25, 0.3) is 0 Å². The summed E-state index contributed by atoms with van der Waals surface area (Å²) in [7, 11) is 7.11. The van der Waals surface area contributed by atoms with Crippen LogP contribution in [0.3, 0.4) is 0 Å². The van der Waals surface area contributed by atoms with Crippen molar-refractivity contribution in [3.63, 3.8) is 0 Å². The molecule has 0 fully saturated rings. The highest BCUT2D eigenvalue weighted by atomic mass is 31.2. The molecule has 2 atom stereocenters. The number of quaternary nitrogens is 1. The summed E-state index contributed by atoms with van der Waals surface area (Å²) in [6, 6.07) is 9.81. The van der Waals surface area contributed by atoms with Gasteiger partial charge >= 0.3 is 7.82 Å². The number of rotatable bonds is 26. The molecule has 0 saturated heterocycles. The van der Waals surface area contributed by atoms with Gasteiger partial charge in [-0.25, -0.2) is 4.57 Å². The Labute approximate surface area is 278 Å². The molecular weight excluding hydrogens is 603 g/mol. The molecule has 0 aliphatic rings. The summed E-state index contributed by atoms with van der Waals surface area (Å²) in [4.78, 5) is 25.4. The molecule has 0 aromatic heterocycles. The summed E-state index contributed by atoms with van der Waals surface area (Å²) >= 11 is 0. The molecule has 0 radical (unpaired) electrons. The number of anilines is 1. The molecule has 2 unspecified atom stereocenters. The van der Waals surface area contributed by atoms with Gasteiger partial charge in [0.1, 0.15) is 31.6 Å². The number of likely N-dealkylation sites (N-methyl/N-ethyl adjacent to an activating group) is 1. The summed E-state index contributed by atoms with van der Waals surface area (Å²) in [5.74, 6) is 0.669. The summed E-state index contributed by atoms with van der Waals surface area (Å²) < 4.78 is 35.0. The molecule has 262 valence electrons. The number of unbranched alkanes of at least 4 members (excludes halogenated alkanes) is 11. The number of carbonyl (C=O) groups is 1. The summed E-state index contributed by atoms with van der Waals surface area (Å²) in [6.45, 7) is 2.78. The topological polar surface area (TPSA) is 94.5 Å². The zero-order chi connectivity index (χ0) is 34.0. The van der Waals surface area contributed by atoms with E-state index >= 15 is 0 Å². The van der Waals surface area contributed by atoms with Gasteiger partial charge in [-0.1, -0.05) is 83.6 Å². The second kappa shape index (κ2) is 21.1. The lowest BCUT2D eigenvalue weighted by Gasteiger charge is -2.24. The maximum absolute atomic E-state index is 13.3. The number of ether oxygens (including phenoxy) is 2. The highest BCUT2D eigenvalue weighted by Crippen LogP contribution is 2.43. The number of phosphoric ester groups is 1. The monoisotopic (exact) mass is 665 g/mol. The number of Topliss-reactive ketones (excluding diaryl/α,β-unsaturated/α-hetero) is 1. The Hall–Kier alpha value is -2.00. The van der Waals surface area contributed by atoms with Crippen molar-refractivity contribution in [1.29, 1.82) is 0 Å². The SMILES string of the molecule is CCCCCCCCCCCCCCC(=O)c1cc(OCC(COP(=O)(O)OCC[N+](C)(C)C)OC)c2cc(N(C)C)ccc2c1. The fourth-order valence-corrected chi connectivity index (χ4v) is 5.89. The quantitative estimate of drug-likeness (QED) is 0.0463. The van der Waals surface area contributed by atoms with E-state index in [-0.39, 0.29) is 25.6 Å². The second-order valence-electron chi connectivity index (χ2n) is 13.6. The van der Waals surface area contributed by atoms with Crippen molar-refractivity contribution in [1.82, 2.24) is 0 Å². The molecule has 10 heteroatoms. The van der Waals surface area contributed by atoms with Crippen LogP contribution in [0.15, 0.2) is 30.3 Å². The van der Waals surface area contributed by atoms with Crippen molar-refractivity contribution in [3.05, 3.63) is 35.9 Å². The first kappa shape index (κ1) is 40.2. The molecule has 46 heavy (non-hydrogen) atoms. The third-order valence-corrected chi connectivity index (χ3v) is 9.18. The molecule has 0 aliphatic carbocycles. The fourth-order valence-electron chi connectivity index (χ4n) is 5.15. The van der Waals surface area contributed by atoms with E-state index in [2.05, 4.69) is 6.92 Å². The number of hydrogen-bond acceptors (Lipinski definition) is 7. The number of phosphoric acid groups is 1. The van der Waals surface area contributed by atoms with Crippen LogP contribution in [-0.2, 0) is 18.3 Å². The number of hydrogen-bond donors (Lipinski definition) is 1. The van der Waals surface area contributed by atoms with E-state index in [4.69, 9.17) is 18.5 Å². The molecule has 0 bridgehead atoms. The molecule has 2 aromatic carbocycles. The fraction of sp³-hybridized carbons (Fsp3) is 0.694. The molecule has 0 aliphatic heterocycles. The average Bonchev–Trinajstić information content (AvgIpc) is 3.00. The Morgan fingerprint density at radius 3 is 2.04 bits per heavy atom. The lowest BCUT2D eigenvalue weighted by atomic mass is 9.99. The Morgan fingerprint density at radius 2 is 1.48 bits per heavy atom. The van der Waals surface area contributed by atoms with E-state index in [1.165, 1.54) is 71.3 Å². The number of nitrogens with zero attached hydrogens (tertiary/aromatic N) is 2. The van der Waals surface area contributed by atoms with E-state index in [0.29, 0.717) is 28.8 Å². The number of ketones is 1. The van der Waals surface area contributed by atoms with E-state index < -0.39 is 13.9 Å². The Morgan fingerprint density at radius 1 is 0.870 bits per heavy atom. The first-order chi connectivity index (χ1) is 21.8.